The number of nitrogens with one attached hydrogen (secondary N) is 1. The van der Waals surface area contributed by atoms with Crippen LogP contribution in [0.1, 0.15) is 44.1 Å². The smallest absolute Gasteiger partial charge is 0.224 e. The van der Waals surface area contributed by atoms with Crippen LogP contribution in [-0.4, -0.2) is 22.2 Å². The van der Waals surface area contributed by atoms with Crippen molar-refractivity contribution < 1.29 is 15.0 Å². The highest BCUT2D eigenvalue weighted by atomic mass is 16.3. The van der Waals surface area contributed by atoms with Crippen molar-refractivity contribution in [3.8, 4) is 11.5 Å². The van der Waals surface area contributed by atoms with Crippen LogP contribution in [0, 0.1) is 0 Å². The third kappa shape index (κ3) is 4.16. The molecule has 19 heavy (non-hydrogen) atoms. The molecule has 1 aromatic rings. The second-order valence-corrected chi connectivity index (χ2v) is 5.26. The highest BCUT2D eigenvalue weighted by Gasteiger charge is 2.15. The van der Waals surface area contributed by atoms with Gasteiger partial charge in [-0.3, -0.25) is 4.79 Å². The predicted molar refractivity (Wildman–Crippen MR) is 73.1 cm³/mol. The third-order valence-electron chi connectivity index (χ3n) is 3.62. The van der Waals surface area contributed by atoms with Crippen LogP contribution < -0.4 is 5.32 Å². The number of hydrogen-bond donors (Lipinski definition) is 3. The first-order valence-electron chi connectivity index (χ1n) is 6.95. The minimum absolute atomic E-state index is 0.0167. The number of aromatic hydroxyl groups is 2. The molecule has 1 amide bonds. The molecule has 0 aliphatic heterocycles. The molecule has 0 atom stereocenters. The van der Waals surface area contributed by atoms with Crippen molar-refractivity contribution in [1.29, 1.82) is 0 Å². The van der Waals surface area contributed by atoms with Gasteiger partial charge in [0.05, 0.1) is 6.42 Å². The monoisotopic (exact) mass is 263 g/mol. The Morgan fingerprint density at radius 3 is 2.42 bits per heavy atom. The molecule has 4 nitrogen and oxygen atoms in total. The van der Waals surface area contributed by atoms with E-state index in [2.05, 4.69) is 5.32 Å². The number of carbonyl (C=O) groups is 1. The summed E-state index contributed by atoms with van der Waals surface area (Å²) in [6.45, 7) is 0. The number of phenols is 2. The second-order valence-electron chi connectivity index (χ2n) is 5.26. The summed E-state index contributed by atoms with van der Waals surface area (Å²) < 4.78 is 0. The van der Waals surface area contributed by atoms with Gasteiger partial charge in [0.1, 0.15) is 0 Å². The van der Waals surface area contributed by atoms with E-state index in [-0.39, 0.29) is 23.8 Å². The van der Waals surface area contributed by atoms with Gasteiger partial charge >= 0.3 is 0 Å². The Labute approximate surface area is 113 Å². The van der Waals surface area contributed by atoms with E-state index in [1.54, 1.807) is 6.07 Å². The molecule has 0 unspecified atom stereocenters. The summed E-state index contributed by atoms with van der Waals surface area (Å²) in [6.07, 6.45) is 7.26. The van der Waals surface area contributed by atoms with Crippen molar-refractivity contribution in [2.24, 2.45) is 0 Å². The largest absolute Gasteiger partial charge is 0.504 e. The molecule has 0 radical (unpaired) electrons. The highest BCUT2D eigenvalue weighted by Crippen LogP contribution is 2.25. The second kappa shape index (κ2) is 6.45. The molecule has 1 aliphatic carbocycles. The maximum absolute atomic E-state index is 11.9. The fraction of sp³-hybridized carbons (Fsp3) is 0.533. The lowest BCUT2D eigenvalue weighted by Crippen LogP contribution is -2.35. The van der Waals surface area contributed by atoms with Crippen molar-refractivity contribution in [1.82, 2.24) is 5.32 Å². The molecule has 2 rings (SSSR count). The molecule has 0 heterocycles. The Morgan fingerprint density at radius 1 is 1.11 bits per heavy atom. The molecule has 0 bridgehead atoms. The van der Waals surface area contributed by atoms with Gasteiger partial charge in [-0.15, -0.1) is 0 Å². The number of amides is 1. The first-order chi connectivity index (χ1) is 9.15. The van der Waals surface area contributed by atoms with Gasteiger partial charge in [0.25, 0.3) is 0 Å². The summed E-state index contributed by atoms with van der Waals surface area (Å²) >= 11 is 0. The molecule has 0 saturated heterocycles. The number of phenolic OH excluding ortho intramolecular Hbond substituents is 2. The molecule has 1 saturated carbocycles. The van der Waals surface area contributed by atoms with Gasteiger partial charge in [0.15, 0.2) is 11.5 Å². The summed E-state index contributed by atoms with van der Waals surface area (Å²) in [5.74, 6) is -0.357. The molecular weight excluding hydrogens is 242 g/mol. The molecule has 4 heteroatoms. The molecule has 0 aromatic heterocycles. The van der Waals surface area contributed by atoms with Crippen molar-refractivity contribution in [3.05, 3.63) is 23.8 Å². The average molecular weight is 263 g/mol. The highest BCUT2D eigenvalue weighted by molar-refractivity contribution is 5.79. The van der Waals surface area contributed by atoms with Gasteiger partial charge in [0.2, 0.25) is 5.91 Å². The van der Waals surface area contributed by atoms with Gasteiger partial charge in [-0.05, 0) is 30.5 Å². The minimum atomic E-state index is -0.181. The predicted octanol–water partition coefficient (Wildman–Crippen LogP) is 2.48. The standard InChI is InChI=1S/C15H21NO3/c17-13-8-7-11(9-14(13)18)10-15(19)16-12-5-3-1-2-4-6-12/h7-9,12,17-18H,1-6,10H2,(H,16,19). The number of benzene rings is 1. The van der Waals surface area contributed by atoms with E-state index in [1.165, 1.54) is 37.8 Å². The summed E-state index contributed by atoms with van der Waals surface area (Å²) in [5, 5.41) is 21.7. The first kappa shape index (κ1) is 13.7. The number of rotatable bonds is 3. The van der Waals surface area contributed by atoms with E-state index in [4.69, 9.17) is 0 Å². The maximum atomic E-state index is 11.9. The fourth-order valence-corrected chi connectivity index (χ4v) is 2.57. The average Bonchev–Trinajstić information content (AvgIpc) is 2.62. The Kier molecular flexibility index (Phi) is 4.66. The normalized spacial score (nSPS) is 16.8. The quantitative estimate of drug-likeness (QED) is 0.579. The lowest BCUT2D eigenvalue weighted by Gasteiger charge is -2.16. The molecule has 1 aromatic carbocycles. The van der Waals surface area contributed by atoms with E-state index >= 15 is 0 Å². The van der Waals surface area contributed by atoms with E-state index in [1.807, 2.05) is 0 Å². The Hall–Kier alpha value is -1.71. The van der Waals surface area contributed by atoms with Crippen molar-refractivity contribution in [3.63, 3.8) is 0 Å². The van der Waals surface area contributed by atoms with E-state index in [0.29, 0.717) is 11.6 Å². The summed E-state index contributed by atoms with van der Waals surface area (Å²) in [7, 11) is 0. The zero-order valence-corrected chi connectivity index (χ0v) is 11.1. The molecule has 0 spiro atoms. The van der Waals surface area contributed by atoms with E-state index in [9.17, 15) is 15.0 Å². The van der Waals surface area contributed by atoms with Crippen LogP contribution in [0.15, 0.2) is 18.2 Å². The Morgan fingerprint density at radius 2 is 1.79 bits per heavy atom. The molecule has 1 aliphatic rings. The van der Waals surface area contributed by atoms with Crippen LogP contribution in [-0.2, 0) is 11.2 Å². The Bertz CT molecular complexity index is 437. The lowest BCUT2D eigenvalue weighted by atomic mass is 10.1. The summed E-state index contributed by atoms with van der Waals surface area (Å²) in [6, 6.07) is 4.79. The summed E-state index contributed by atoms with van der Waals surface area (Å²) in [4.78, 5) is 11.9. The van der Waals surface area contributed by atoms with Crippen molar-refractivity contribution in [2.45, 2.75) is 51.0 Å². The van der Waals surface area contributed by atoms with E-state index < -0.39 is 0 Å². The topological polar surface area (TPSA) is 69.6 Å². The third-order valence-corrected chi connectivity index (χ3v) is 3.62. The summed E-state index contributed by atoms with van der Waals surface area (Å²) in [5.41, 5.74) is 0.710. The van der Waals surface area contributed by atoms with Crippen LogP contribution in [0.3, 0.4) is 0 Å². The zero-order chi connectivity index (χ0) is 13.7. The van der Waals surface area contributed by atoms with Crippen molar-refractivity contribution in [2.75, 3.05) is 0 Å². The van der Waals surface area contributed by atoms with Crippen molar-refractivity contribution >= 4 is 5.91 Å². The van der Waals surface area contributed by atoms with Gasteiger partial charge in [0, 0.05) is 6.04 Å². The van der Waals surface area contributed by atoms with E-state index in [0.717, 1.165) is 12.8 Å². The first-order valence-corrected chi connectivity index (χ1v) is 6.95. The van der Waals surface area contributed by atoms with Crippen LogP contribution in [0.5, 0.6) is 11.5 Å². The molecule has 3 N–H and O–H groups in total. The van der Waals surface area contributed by atoms with Crippen LogP contribution in [0.2, 0.25) is 0 Å². The number of carbonyl (C=O) groups excluding carboxylic acids is 1. The lowest BCUT2D eigenvalue weighted by molar-refractivity contribution is -0.121. The van der Waals surface area contributed by atoms with Crippen LogP contribution in [0.25, 0.3) is 0 Å². The Balaban J connectivity index is 1.87. The van der Waals surface area contributed by atoms with Gasteiger partial charge in [-0.25, -0.2) is 0 Å². The zero-order valence-electron chi connectivity index (χ0n) is 11.1. The SMILES string of the molecule is O=C(Cc1ccc(O)c(O)c1)NC1CCCCCC1. The fourth-order valence-electron chi connectivity index (χ4n) is 2.57. The van der Waals surface area contributed by atoms with Crippen LogP contribution >= 0.6 is 0 Å². The minimum Gasteiger partial charge on any atom is -0.504 e. The van der Waals surface area contributed by atoms with Gasteiger partial charge in [-0.1, -0.05) is 31.7 Å². The molecular formula is C15H21NO3. The maximum Gasteiger partial charge on any atom is 0.224 e. The molecule has 104 valence electrons. The molecule has 1 fully saturated rings. The number of hydrogen-bond acceptors (Lipinski definition) is 3. The van der Waals surface area contributed by atoms with Gasteiger partial charge in [-0.2, -0.15) is 0 Å². The van der Waals surface area contributed by atoms with Crippen LogP contribution in [0.4, 0.5) is 0 Å². The van der Waals surface area contributed by atoms with Gasteiger partial charge < -0.3 is 15.5 Å².